The van der Waals surface area contributed by atoms with E-state index in [1.165, 1.54) is 0 Å². The summed E-state index contributed by atoms with van der Waals surface area (Å²) in [5.74, 6) is 2.40. The Balaban J connectivity index is 1.59. The number of nitrogens with zero attached hydrogens (tertiary/aromatic N) is 4. The van der Waals surface area contributed by atoms with E-state index < -0.39 is 0 Å². The van der Waals surface area contributed by atoms with Crippen LogP contribution in [0.2, 0.25) is 0 Å². The minimum absolute atomic E-state index is 0.443. The van der Waals surface area contributed by atoms with E-state index in [1.807, 2.05) is 0 Å². The Kier molecular flexibility index (Phi) is 3.23. The number of hydrogen-bond acceptors (Lipinski definition) is 6. The largest absolute Gasteiger partial charge is 0.381 e. The summed E-state index contributed by atoms with van der Waals surface area (Å²) in [6.07, 6.45) is 2.26. The van der Waals surface area contributed by atoms with Crippen molar-refractivity contribution in [3.8, 4) is 0 Å². The number of rotatable bonds is 2. The van der Waals surface area contributed by atoms with Crippen molar-refractivity contribution in [1.29, 1.82) is 0 Å². The standard InChI is InChI=1S/C13H22N6O/c1-3-15-12-16-13(18-6-4-14-5-7-18)17-19(12)11(1)10-2-8-20-9-10/h10-11,14H,1-9H2,(H,15,16,17). The van der Waals surface area contributed by atoms with Crippen molar-refractivity contribution in [3.63, 3.8) is 0 Å². The number of piperazine rings is 1. The Hall–Kier alpha value is -1.34. The molecule has 0 radical (unpaired) electrons. The van der Waals surface area contributed by atoms with Gasteiger partial charge in [0.25, 0.3) is 0 Å². The van der Waals surface area contributed by atoms with Crippen LogP contribution in [0.4, 0.5) is 11.9 Å². The highest BCUT2D eigenvalue weighted by Crippen LogP contribution is 2.34. The molecule has 2 saturated heterocycles. The summed E-state index contributed by atoms with van der Waals surface area (Å²) in [5.41, 5.74) is 0. The van der Waals surface area contributed by atoms with Gasteiger partial charge in [0.05, 0.1) is 12.6 Å². The van der Waals surface area contributed by atoms with Gasteiger partial charge in [-0.1, -0.05) is 0 Å². The van der Waals surface area contributed by atoms with Crippen LogP contribution in [0, 0.1) is 5.92 Å². The minimum Gasteiger partial charge on any atom is -0.381 e. The van der Waals surface area contributed by atoms with Crippen LogP contribution in [0.5, 0.6) is 0 Å². The van der Waals surface area contributed by atoms with Gasteiger partial charge in [0.2, 0.25) is 11.9 Å². The molecule has 20 heavy (non-hydrogen) atoms. The number of fused-ring (bicyclic) bond motifs is 1. The molecule has 2 N–H and O–H groups in total. The third kappa shape index (κ3) is 2.14. The van der Waals surface area contributed by atoms with Crippen molar-refractivity contribution in [2.75, 3.05) is 56.2 Å². The van der Waals surface area contributed by atoms with E-state index in [2.05, 4.69) is 20.2 Å². The zero-order valence-electron chi connectivity index (χ0n) is 11.7. The summed E-state index contributed by atoms with van der Waals surface area (Å²) in [4.78, 5) is 6.96. The fourth-order valence-corrected chi connectivity index (χ4v) is 3.41. The molecule has 3 aliphatic heterocycles. The van der Waals surface area contributed by atoms with Gasteiger partial charge in [-0.3, -0.25) is 0 Å². The van der Waals surface area contributed by atoms with Gasteiger partial charge in [0.1, 0.15) is 0 Å². The van der Waals surface area contributed by atoms with Gasteiger partial charge in [-0.2, -0.15) is 4.98 Å². The molecule has 0 saturated carbocycles. The average molecular weight is 278 g/mol. The summed E-state index contributed by atoms with van der Waals surface area (Å²) in [5, 5.41) is 11.5. The van der Waals surface area contributed by atoms with Crippen LogP contribution >= 0.6 is 0 Å². The van der Waals surface area contributed by atoms with E-state index in [-0.39, 0.29) is 0 Å². The Labute approximate surface area is 118 Å². The van der Waals surface area contributed by atoms with Crippen LogP contribution in [-0.4, -0.2) is 60.7 Å². The smallest absolute Gasteiger partial charge is 0.246 e. The third-order valence-electron chi connectivity index (χ3n) is 4.57. The molecule has 7 heteroatoms. The lowest BCUT2D eigenvalue weighted by Gasteiger charge is -2.28. The number of nitrogens with one attached hydrogen (secondary N) is 2. The van der Waals surface area contributed by atoms with E-state index in [0.717, 1.165) is 70.7 Å². The van der Waals surface area contributed by atoms with Gasteiger partial charge in [0.15, 0.2) is 0 Å². The molecule has 7 nitrogen and oxygen atoms in total. The summed E-state index contributed by atoms with van der Waals surface area (Å²) < 4.78 is 7.66. The van der Waals surface area contributed by atoms with Gasteiger partial charge in [-0.15, -0.1) is 5.10 Å². The SMILES string of the molecule is C1CN(c2nc3n(n2)C(C2CCOC2)CCN3)CCN1. The van der Waals surface area contributed by atoms with E-state index in [4.69, 9.17) is 14.8 Å². The summed E-state index contributed by atoms with van der Waals surface area (Å²) >= 11 is 0. The van der Waals surface area contributed by atoms with E-state index in [0.29, 0.717) is 12.0 Å². The molecule has 3 aliphatic rings. The normalized spacial score (nSPS) is 30.1. The molecule has 0 aromatic carbocycles. The zero-order valence-corrected chi connectivity index (χ0v) is 11.7. The van der Waals surface area contributed by atoms with Crippen molar-refractivity contribution in [2.45, 2.75) is 18.9 Å². The molecular weight excluding hydrogens is 256 g/mol. The molecule has 0 amide bonds. The van der Waals surface area contributed by atoms with Gasteiger partial charge in [-0.05, 0) is 12.8 Å². The molecule has 0 spiro atoms. The molecule has 4 heterocycles. The van der Waals surface area contributed by atoms with Crippen LogP contribution in [0.15, 0.2) is 0 Å². The van der Waals surface area contributed by atoms with Crippen LogP contribution in [0.3, 0.4) is 0 Å². The lowest BCUT2D eigenvalue weighted by Crippen LogP contribution is -2.44. The van der Waals surface area contributed by atoms with Crippen molar-refractivity contribution in [3.05, 3.63) is 0 Å². The molecule has 110 valence electrons. The first-order valence-corrected chi connectivity index (χ1v) is 7.65. The predicted octanol–water partition coefficient (Wildman–Crippen LogP) is 0.0809. The Morgan fingerprint density at radius 3 is 2.85 bits per heavy atom. The monoisotopic (exact) mass is 278 g/mol. The maximum atomic E-state index is 5.55. The fraction of sp³-hybridized carbons (Fsp3) is 0.846. The maximum Gasteiger partial charge on any atom is 0.246 e. The lowest BCUT2D eigenvalue weighted by atomic mass is 9.95. The molecule has 4 rings (SSSR count). The molecular formula is C13H22N6O. The number of anilines is 2. The molecule has 2 unspecified atom stereocenters. The molecule has 2 atom stereocenters. The second-order valence-corrected chi connectivity index (χ2v) is 5.82. The highest BCUT2D eigenvalue weighted by Gasteiger charge is 2.33. The maximum absolute atomic E-state index is 5.55. The summed E-state index contributed by atoms with van der Waals surface area (Å²) in [7, 11) is 0. The summed E-state index contributed by atoms with van der Waals surface area (Å²) in [6, 6.07) is 0.443. The van der Waals surface area contributed by atoms with Crippen molar-refractivity contribution in [2.24, 2.45) is 5.92 Å². The Morgan fingerprint density at radius 2 is 2.05 bits per heavy atom. The quantitative estimate of drug-likeness (QED) is 0.799. The molecule has 1 aromatic heterocycles. The van der Waals surface area contributed by atoms with Gasteiger partial charge in [-0.25, -0.2) is 4.68 Å². The highest BCUT2D eigenvalue weighted by molar-refractivity contribution is 5.39. The highest BCUT2D eigenvalue weighted by atomic mass is 16.5. The van der Waals surface area contributed by atoms with Crippen molar-refractivity contribution >= 4 is 11.9 Å². The first-order valence-electron chi connectivity index (χ1n) is 7.65. The van der Waals surface area contributed by atoms with E-state index in [1.54, 1.807) is 0 Å². The Bertz CT molecular complexity index is 463. The number of hydrogen-bond donors (Lipinski definition) is 2. The van der Waals surface area contributed by atoms with Gasteiger partial charge < -0.3 is 20.3 Å². The first-order chi connectivity index (χ1) is 9.92. The zero-order chi connectivity index (χ0) is 13.4. The first kappa shape index (κ1) is 12.4. The second-order valence-electron chi connectivity index (χ2n) is 5.82. The van der Waals surface area contributed by atoms with Gasteiger partial charge >= 0.3 is 0 Å². The second kappa shape index (κ2) is 5.21. The van der Waals surface area contributed by atoms with Crippen LogP contribution < -0.4 is 15.5 Å². The fourth-order valence-electron chi connectivity index (χ4n) is 3.41. The number of aromatic nitrogens is 3. The molecule has 0 bridgehead atoms. The Morgan fingerprint density at radius 1 is 1.15 bits per heavy atom. The molecule has 0 aliphatic carbocycles. The molecule has 2 fully saturated rings. The van der Waals surface area contributed by atoms with Crippen molar-refractivity contribution in [1.82, 2.24) is 20.1 Å². The lowest BCUT2D eigenvalue weighted by molar-refractivity contribution is 0.167. The van der Waals surface area contributed by atoms with Crippen LogP contribution in [-0.2, 0) is 4.74 Å². The summed E-state index contributed by atoms with van der Waals surface area (Å²) in [6.45, 7) is 6.74. The van der Waals surface area contributed by atoms with Crippen molar-refractivity contribution < 1.29 is 4.74 Å². The average Bonchev–Trinajstić information content (AvgIpc) is 3.17. The number of ether oxygens (including phenoxy) is 1. The minimum atomic E-state index is 0.443. The topological polar surface area (TPSA) is 67.2 Å². The van der Waals surface area contributed by atoms with Gasteiger partial charge in [0, 0.05) is 45.2 Å². The van der Waals surface area contributed by atoms with Crippen LogP contribution in [0.1, 0.15) is 18.9 Å². The third-order valence-corrected chi connectivity index (χ3v) is 4.57. The van der Waals surface area contributed by atoms with E-state index in [9.17, 15) is 0 Å². The van der Waals surface area contributed by atoms with Crippen LogP contribution in [0.25, 0.3) is 0 Å². The molecule has 1 aromatic rings. The predicted molar refractivity (Wildman–Crippen MR) is 76.2 cm³/mol. The van der Waals surface area contributed by atoms with E-state index >= 15 is 0 Å².